The van der Waals surface area contributed by atoms with Crippen LogP contribution in [-0.4, -0.2) is 47.5 Å². The van der Waals surface area contributed by atoms with Gasteiger partial charge in [0.05, 0.1) is 6.54 Å². The van der Waals surface area contributed by atoms with Crippen LogP contribution in [0.25, 0.3) is 0 Å². The highest BCUT2D eigenvalue weighted by molar-refractivity contribution is 5.79. The zero-order valence-electron chi connectivity index (χ0n) is 18.3. The van der Waals surface area contributed by atoms with Gasteiger partial charge in [-0.05, 0) is 29.4 Å². The third-order valence-electron chi connectivity index (χ3n) is 5.27. The number of guanidine groups is 1. The van der Waals surface area contributed by atoms with Gasteiger partial charge in [0.2, 0.25) is 0 Å². The number of aryl methyl sites for hydroxylation is 1. The van der Waals surface area contributed by atoms with Crippen molar-refractivity contribution in [2.45, 2.75) is 64.6 Å². The van der Waals surface area contributed by atoms with Crippen LogP contribution >= 0.6 is 0 Å². The molecule has 0 spiro atoms. The lowest BCUT2D eigenvalue weighted by Gasteiger charge is -2.25. The molecule has 1 aromatic heterocycles. The van der Waals surface area contributed by atoms with Gasteiger partial charge in [0.25, 0.3) is 0 Å². The molecule has 158 valence electrons. The zero-order chi connectivity index (χ0) is 20.9. The number of nitrogens with one attached hydrogen (secondary N) is 2. The number of aliphatic imine (C=N–C) groups is 1. The molecule has 29 heavy (non-hydrogen) atoms. The van der Waals surface area contributed by atoms with E-state index in [1.807, 2.05) is 11.7 Å². The van der Waals surface area contributed by atoms with Gasteiger partial charge in [-0.2, -0.15) is 5.10 Å². The van der Waals surface area contributed by atoms with Crippen LogP contribution in [0.5, 0.6) is 0 Å². The van der Waals surface area contributed by atoms with Crippen molar-refractivity contribution in [3.8, 4) is 0 Å². The Balaban J connectivity index is 1.47. The molecular formula is C22H34N6O. The number of nitrogens with zero attached hydrogens (tertiary/aromatic N) is 4. The first-order valence-corrected chi connectivity index (χ1v) is 10.4. The van der Waals surface area contributed by atoms with E-state index in [1.54, 1.807) is 7.11 Å². The van der Waals surface area contributed by atoms with Gasteiger partial charge in [0.1, 0.15) is 12.4 Å². The van der Waals surface area contributed by atoms with Gasteiger partial charge < -0.3 is 15.4 Å². The number of hydrogen-bond donors (Lipinski definition) is 2. The minimum absolute atomic E-state index is 0.191. The molecule has 0 amide bonds. The van der Waals surface area contributed by atoms with E-state index >= 15 is 0 Å². The summed E-state index contributed by atoms with van der Waals surface area (Å²) in [4.78, 5) is 8.91. The highest BCUT2D eigenvalue weighted by Gasteiger charge is 2.22. The zero-order valence-corrected chi connectivity index (χ0v) is 18.3. The standard InChI is InChI=1S/C22H34N6O/c1-22(2,3)17-8-6-16(7-9-17)12-13-24-21(23-4)25-18-10-11-20-26-19(15-29-5)27-28(20)14-18/h6-9,18H,10-15H2,1-5H3,(H2,23,24,25). The molecule has 0 radical (unpaired) electrons. The first kappa shape index (κ1) is 21.3. The number of aromatic nitrogens is 3. The Labute approximate surface area is 174 Å². The second kappa shape index (κ2) is 9.39. The molecule has 7 heteroatoms. The summed E-state index contributed by atoms with van der Waals surface area (Å²) < 4.78 is 7.12. The monoisotopic (exact) mass is 398 g/mol. The first-order valence-electron chi connectivity index (χ1n) is 10.4. The number of benzene rings is 1. The Hall–Kier alpha value is -2.41. The van der Waals surface area contributed by atoms with Crippen molar-refractivity contribution in [2.75, 3.05) is 20.7 Å². The molecule has 7 nitrogen and oxygen atoms in total. The summed E-state index contributed by atoms with van der Waals surface area (Å²) in [6, 6.07) is 9.21. The van der Waals surface area contributed by atoms with E-state index in [-0.39, 0.29) is 11.5 Å². The predicted octanol–water partition coefficient (Wildman–Crippen LogP) is 2.44. The first-order chi connectivity index (χ1) is 13.9. The molecule has 1 unspecified atom stereocenters. The molecule has 1 aliphatic heterocycles. The van der Waals surface area contributed by atoms with E-state index in [9.17, 15) is 0 Å². The molecule has 1 aromatic carbocycles. The highest BCUT2D eigenvalue weighted by atomic mass is 16.5. The normalized spacial score (nSPS) is 17.1. The van der Waals surface area contributed by atoms with Crippen LogP contribution < -0.4 is 10.6 Å². The smallest absolute Gasteiger partial charge is 0.191 e. The van der Waals surface area contributed by atoms with E-state index in [1.165, 1.54) is 11.1 Å². The van der Waals surface area contributed by atoms with Gasteiger partial charge >= 0.3 is 0 Å². The Morgan fingerprint density at radius 3 is 2.69 bits per heavy atom. The Morgan fingerprint density at radius 1 is 1.28 bits per heavy atom. The van der Waals surface area contributed by atoms with Gasteiger partial charge in [-0.25, -0.2) is 9.67 Å². The highest BCUT2D eigenvalue weighted by Crippen LogP contribution is 2.22. The number of methoxy groups -OCH3 is 1. The summed E-state index contributed by atoms with van der Waals surface area (Å²) in [6.45, 7) is 8.81. The van der Waals surface area contributed by atoms with Crippen LogP contribution in [-0.2, 0) is 36.1 Å². The second-order valence-corrected chi connectivity index (χ2v) is 8.64. The number of hydrogen-bond acceptors (Lipinski definition) is 4. The number of fused-ring (bicyclic) bond motifs is 1. The molecule has 0 fully saturated rings. The van der Waals surface area contributed by atoms with Gasteiger partial charge in [-0.1, -0.05) is 45.0 Å². The van der Waals surface area contributed by atoms with Crippen LogP contribution in [0.3, 0.4) is 0 Å². The van der Waals surface area contributed by atoms with Gasteiger partial charge in [-0.15, -0.1) is 0 Å². The molecule has 2 N–H and O–H groups in total. The fraction of sp³-hybridized carbons (Fsp3) is 0.591. The molecule has 1 atom stereocenters. The minimum atomic E-state index is 0.191. The summed E-state index contributed by atoms with van der Waals surface area (Å²) in [5.41, 5.74) is 2.89. The molecule has 3 rings (SSSR count). The van der Waals surface area contributed by atoms with Crippen LogP contribution in [0.2, 0.25) is 0 Å². The van der Waals surface area contributed by atoms with E-state index in [0.717, 1.165) is 50.0 Å². The summed E-state index contributed by atoms with van der Waals surface area (Å²) >= 11 is 0. The molecule has 2 heterocycles. The quantitative estimate of drug-likeness (QED) is 0.577. The molecule has 0 saturated heterocycles. The topological polar surface area (TPSA) is 76.4 Å². The average Bonchev–Trinajstić information content (AvgIpc) is 3.09. The van der Waals surface area contributed by atoms with Gasteiger partial charge in [0, 0.05) is 33.2 Å². The lowest BCUT2D eigenvalue weighted by atomic mass is 9.86. The number of ether oxygens (including phenoxy) is 1. The molecule has 0 aliphatic carbocycles. The fourth-order valence-electron chi connectivity index (χ4n) is 3.55. The van der Waals surface area contributed by atoms with Crippen molar-refractivity contribution in [3.05, 3.63) is 47.0 Å². The maximum atomic E-state index is 5.14. The van der Waals surface area contributed by atoms with Crippen molar-refractivity contribution < 1.29 is 4.74 Å². The molecule has 0 saturated carbocycles. The van der Waals surface area contributed by atoms with Crippen molar-refractivity contribution in [2.24, 2.45) is 4.99 Å². The lowest BCUT2D eigenvalue weighted by Crippen LogP contribution is -2.47. The van der Waals surface area contributed by atoms with E-state index in [0.29, 0.717) is 6.61 Å². The van der Waals surface area contributed by atoms with Crippen LogP contribution in [0, 0.1) is 0 Å². The minimum Gasteiger partial charge on any atom is -0.377 e. The summed E-state index contributed by atoms with van der Waals surface area (Å²) in [7, 11) is 3.48. The molecule has 2 aromatic rings. The number of rotatable bonds is 6. The van der Waals surface area contributed by atoms with Crippen molar-refractivity contribution in [1.82, 2.24) is 25.4 Å². The summed E-state index contributed by atoms with van der Waals surface area (Å²) in [6.07, 6.45) is 2.88. The third-order valence-corrected chi connectivity index (χ3v) is 5.27. The van der Waals surface area contributed by atoms with Gasteiger partial charge in [-0.3, -0.25) is 4.99 Å². The third kappa shape index (κ3) is 5.79. The average molecular weight is 399 g/mol. The molecule has 1 aliphatic rings. The van der Waals surface area contributed by atoms with Gasteiger partial charge in [0.15, 0.2) is 11.8 Å². The van der Waals surface area contributed by atoms with Crippen LogP contribution in [0.15, 0.2) is 29.3 Å². The Bertz CT molecular complexity index is 819. The van der Waals surface area contributed by atoms with Crippen LogP contribution in [0.1, 0.15) is 50.0 Å². The van der Waals surface area contributed by atoms with Crippen molar-refractivity contribution in [3.63, 3.8) is 0 Å². The lowest BCUT2D eigenvalue weighted by molar-refractivity contribution is 0.177. The van der Waals surface area contributed by atoms with Crippen molar-refractivity contribution >= 4 is 5.96 Å². The maximum Gasteiger partial charge on any atom is 0.191 e. The Morgan fingerprint density at radius 2 is 2.03 bits per heavy atom. The van der Waals surface area contributed by atoms with Crippen LogP contribution in [0.4, 0.5) is 0 Å². The summed E-state index contributed by atoms with van der Waals surface area (Å²) in [5, 5.41) is 11.5. The van der Waals surface area contributed by atoms with E-state index < -0.39 is 0 Å². The predicted molar refractivity (Wildman–Crippen MR) is 116 cm³/mol. The van der Waals surface area contributed by atoms with Crippen molar-refractivity contribution in [1.29, 1.82) is 0 Å². The fourth-order valence-corrected chi connectivity index (χ4v) is 3.55. The molecule has 0 bridgehead atoms. The second-order valence-electron chi connectivity index (χ2n) is 8.64. The SMILES string of the molecule is CN=C(NCCc1ccc(C(C)(C)C)cc1)NC1CCc2nc(COC)nn2C1. The molecular weight excluding hydrogens is 364 g/mol. The van der Waals surface area contributed by atoms with E-state index in [2.05, 4.69) is 70.7 Å². The largest absolute Gasteiger partial charge is 0.377 e. The Kier molecular flexibility index (Phi) is 6.90. The summed E-state index contributed by atoms with van der Waals surface area (Å²) in [5.74, 6) is 2.63. The maximum absolute atomic E-state index is 5.14. The van der Waals surface area contributed by atoms with E-state index in [4.69, 9.17) is 4.74 Å².